The molecule has 6 nitrogen and oxygen atoms in total. The summed E-state index contributed by atoms with van der Waals surface area (Å²) >= 11 is 14.9. The Balaban J connectivity index is 1.69. The van der Waals surface area contributed by atoms with E-state index in [1.54, 1.807) is 26.4 Å². The molecule has 0 aliphatic carbocycles. The van der Waals surface area contributed by atoms with Gasteiger partial charge in [0.15, 0.2) is 11.6 Å². The van der Waals surface area contributed by atoms with Gasteiger partial charge in [-0.1, -0.05) is 35.3 Å². The lowest BCUT2D eigenvalue weighted by Crippen LogP contribution is -2.02. The number of thiophene rings is 1. The maximum atomic E-state index is 6.07. The van der Waals surface area contributed by atoms with Crippen LogP contribution in [0.2, 0.25) is 9.36 Å². The third-order valence-corrected chi connectivity index (χ3v) is 6.83. The number of nitrogens with zero attached hydrogens (tertiary/aromatic N) is 2. The van der Waals surface area contributed by atoms with E-state index in [0.717, 1.165) is 20.9 Å². The Hall–Kier alpha value is -2.39. The Morgan fingerprint density at radius 3 is 2.10 bits per heavy atom. The van der Waals surface area contributed by atoms with E-state index in [2.05, 4.69) is 10.0 Å². The van der Waals surface area contributed by atoms with Crippen LogP contribution >= 0.6 is 46.5 Å². The molecule has 0 atom stereocenters. The fraction of sp³-hybridized carbons (Fsp3) is 0.100. The van der Waals surface area contributed by atoms with E-state index in [-0.39, 0.29) is 0 Å². The van der Waals surface area contributed by atoms with Gasteiger partial charge in [-0.05, 0) is 30.1 Å². The smallest absolute Gasteiger partial charge is 0.180 e. The molecule has 0 amide bonds. The highest BCUT2D eigenvalue weighted by Gasteiger charge is 2.13. The van der Waals surface area contributed by atoms with Crippen molar-refractivity contribution in [2.24, 2.45) is 0 Å². The number of hydrogen-bond donors (Lipinski definition) is 2. The quantitative estimate of drug-likeness (QED) is 0.280. The molecule has 0 spiro atoms. The van der Waals surface area contributed by atoms with Crippen LogP contribution in [-0.4, -0.2) is 24.2 Å². The third kappa shape index (κ3) is 4.67. The minimum absolute atomic E-state index is 0.525. The summed E-state index contributed by atoms with van der Waals surface area (Å²) in [5.41, 5.74) is 2.30. The van der Waals surface area contributed by atoms with E-state index in [0.29, 0.717) is 32.5 Å². The van der Waals surface area contributed by atoms with E-state index in [9.17, 15) is 0 Å². The zero-order chi connectivity index (χ0) is 21.1. The number of methoxy groups -OCH3 is 2. The Bertz CT molecular complexity index is 1160. The van der Waals surface area contributed by atoms with Crippen molar-refractivity contribution in [1.82, 2.24) is 9.97 Å². The number of hydrogen-bond acceptors (Lipinski definition) is 8. The van der Waals surface area contributed by atoms with Crippen LogP contribution in [0.4, 0.5) is 17.3 Å². The molecule has 0 saturated heterocycles. The molecule has 2 heterocycles. The van der Waals surface area contributed by atoms with Gasteiger partial charge in [-0.2, -0.15) is 0 Å². The highest BCUT2D eigenvalue weighted by molar-refractivity contribution is 8.02. The van der Waals surface area contributed by atoms with Gasteiger partial charge in [0.1, 0.15) is 15.8 Å². The first-order chi connectivity index (χ1) is 14.6. The fourth-order valence-electron chi connectivity index (χ4n) is 2.65. The van der Waals surface area contributed by atoms with Gasteiger partial charge >= 0.3 is 0 Å². The second-order valence-electron chi connectivity index (χ2n) is 6.03. The minimum Gasteiger partial charge on any atom is -0.497 e. The van der Waals surface area contributed by atoms with Crippen molar-refractivity contribution in [2.75, 3.05) is 24.3 Å². The first-order valence-corrected chi connectivity index (χ1v) is 11.1. The van der Waals surface area contributed by atoms with E-state index >= 15 is 0 Å². The molecular weight excluding hydrogens is 463 g/mol. The molecule has 4 rings (SSSR count). The van der Waals surface area contributed by atoms with Crippen molar-refractivity contribution in [3.8, 4) is 11.5 Å². The molecule has 4 aromatic rings. The van der Waals surface area contributed by atoms with E-state index in [1.807, 2.05) is 36.4 Å². The average Bonchev–Trinajstić information content (AvgIpc) is 3.09. The van der Waals surface area contributed by atoms with Crippen LogP contribution in [0.3, 0.4) is 0 Å². The second-order valence-corrected chi connectivity index (χ2v) is 9.20. The number of fused-ring (bicyclic) bond motifs is 1. The number of halogens is 2. The number of anilines is 3. The van der Waals surface area contributed by atoms with Gasteiger partial charge in [-0.3, -0.25) is 0 Å². The molecule has 154 valence electrons. The third-order valence-electron chi connectivity index (χ3n) is 4.06. The van der Waals surface area contributed by atoms with Gasteiger partial charge in [0.2, 0.25) is 0 Å². The number of rotatable bonds is 7. The van der Waals surface area contributed by atoms with Gasteiger partial charge < -0.3 is 19.5 Å². The molecule has 0 saturated carbocycles. The maximum absolute atomic E-state index is 6.07. The number of para-hydroxylation sites is 2. The van der Waals surface area contributed by atoms with Crippen LogP contribution in [0.1, 0.15) is 0 Å². The molecule has 30 heavy (non-hydrogen) atoms. The van der Waals surface area contributed by atoms with Crippen LogP contribution in [0.15, 0.2) is 52.7 Å². The number of benzene rings is 2. The molecule has 0 fully saturated rings. The van der Waals surface area contributed by atoms with Crippen LogP contribution < -0.4 is 19.5 Å². The Morgan fingerprint density at radius 1 is 0.900 bits per heavy atom. The molecule has 0 bridgehead atoms. The van der Waals surface area contributed by atoms with Crippen molar-refractivity contribution in [1.29, 1.82) is 0 Å². The number of nitrogens with one attached hydrogen (secondary N) is 2. The van der Waals surface area contributed by atoms with Gasteiger partial charge in [-0.25, -0.2) is 9.97 Å². The molecular formula is C20H16Cl2N4O2S2. The summed E-state index contributed by atoms with van der Waals surface area (Å²) in [6.07, 6.45) is 0. The zero-order valence-corrected chi connectivity index (χ0v) is 19.0. The minimum atomic E-state index is 0.525. The lowest BCUT2D eigenvalue weighted by atomic mass is 10.2. The molecule has 2 aromatic heterocycles. The van der Waals surface area contributed by atoms with Gasteiger partial charge in [0.25, 0.3) is 0 Å². The summed E-state index contributed by atoms with van der Waals surface area (Å²) in [7, 11) is 3.21. The summed E-state index contributed by atoms with van der Waals surface area (Å²) in [4.78, 5) is 9.46. The zero-order valence-electron chi connectivity index (χ0n) is 15.9. The van der Waals surface area contributed by atoms with Crippen LogP contribution in [0.5, 0.6) is 11.5 Å². The lowest BCUT2D eigenvalue weighted by molar-refractivity contribution is 0.395. The monoisotopic (exact) mass is 478 g/mol. The van der Waals surface area contributed by atoms with E-state index in [1.165, 1.54) is 23.3 Å². The van der Waals surface area contributed by atoms with Crippen LogP contribution in [-0.2, 0) is 0 Å². The Labute approximate surface area is 191 Å². The summed E-state index contributed by atoms with van der Waals surface area (Å²) in [6, 6.07) is 15.0. The normalized spacial score (nSPS) is 10.8. The summed E-state index contributed by atoms with van der Waals surface area (Å²) in [5, 5.41) is 3.83. The highest BCUT2D eigenvalue weighted by atomic mass is 35.5. The molecule has 0 radical (unpaired) electrons. The molecule has 0 aliphatic rings. The first kappa shape index (κ1) is 20.9. The maximum Gasteiger partial charge on any atom is 0.180 e. The predicted octanol–water partition coefficient (Wildman–Crippen LogP) is 6.88. The van der Waals surface area contributed by atoms with Gasteiger partial charge in [-0.15, -0.1) is 11.3 Å². The number of aromatic nitrogens is 2. The molecule has 0 unspecified atom stereocenters. The van der Waals surface area contributed by atoms with Crippen LogP contribution in [0, 0.1) is 0 Å². The van der Waals surface area contributed by atoms with Crippen molar-refractivity contribution in [2.45, 2.75) is 4.21 Å². The van der Waals surface area contributed by atoms with Crippen molar-refractivity contribution in [3.63, 3.8) is 0 Å². The van der Waals surface area contributed by atoms with Crippen molar-refractivity contribution >= 4 is 74.8 Å². The topological polar surface area (TPSA) is 68.3 Å². The number of ether oxygens (including phenoxy) is 2. The largest absolute Gasteiger partial charge is 0.497 e. The Morgan fingerprint density at radius 2 is 1.53 bits per heavy atom. The molecule has 10 heteroatoms. The predicted molar refractivity (Wildman–Crippen MR) is 126 cm³/mol. The average molecular weight is 479 g/mol. The van der Waals surface area contributed by atoms with Crippen molar-refractivity contribution in [3.05, 3.63) is 57.9 Å². The fourth-order valence-corrected chi connectivity index (χ4v) is 5.01. The first-order valence-electron chi connectivity index (χ1n) is 8.70. The van der Waals surface area contributed by atoms with E-state index in [4.69, 9.17) is 42.6 Å². The second kappa shape index (κ2) is 9.18. The summed E-state index contributed by atoms with van der Waals surface area (Å²) < 4.78 is 15.4. The van der Waals surface area contributed by atoms with Gasteiger partial charge in [0, 0.05) is 23.9 Å². The summed E-state index contributed by atoms with van der Waals surface area (Å²) in [5.74, 6) is 2.46. The molecule has 2 aromatic carbocycles. The van der Waals surface area contributed by atoms with Crippen molar-refractivity contribution < 1.29 is 9.47 Å². The molecule has 0 aliphatic heterocycles. The van der Waals surface area contributed by atoms with E-state index < -0.39 is 0 Å². The summed E-state index contributed by atoms with van der Waals surface area (Å²) in [6.45, 7) is 0. The highest BCUT2D eigenvalue weighted by Crippen LogP contribution is 2.38. The SMILES string of the molecule is COc1cc(Nc2nc3ccccc3nc2NSc2cc(Cl)c(Cl)s2)cc(OC)c1. The molecule has 2 N–H and O–H groups in total. The standard InChI is InChI=1S/C20H16Cl2N4O2S2/c1-27-12-7-11(8-13(9-12)28-2)23-19-20(25-16-6-4-3-5-15(16)24-19)26-30-17-10-14(21)18(22)29-17/h3-10H,1-2H3,(H,23,24)(H,25,26). The van der Waals surface area contributed by atoms with Crippen LogP contribution in [0.25, 0.3) is 11.0 Å². The lowest BCUT2D eigenvalue weighted by Gasteiger charge is -2.14. The van der Waals surface area contributed by atoms with Gasteiger partial charge in [0.05, 0.1) is 34.5 Å². The Kier molecular flexibility index (Phi) is 6.38.